The molecule has 0 bridgehead atoms. The maximum atomic E-state index is 9.21. The maximum absolute atomic E-state index is 9.21. The van der Waals surface area contributed by atoms with Crippen LogP contribution in [0.2, 0.25) is 0 Å². The van der Waals surface area contributed by atoms with E-state index < -0.39 is 0 Å². The summed E-state index contributed by atoms with van der Waals surface area (Å²) in [6, 6.07) is 6.21. The van der Waals surface area contributed by atoms with Gasteiger partial charge in [0.1, 0.15) is 11.8 Å². The second-order valence-electron chi connectivity index (χ2n) is 3.94. The number of hydrogen-bond donors (Lipinski definition) is 0. The minimum atomic E-state index is 0.744. The molecular weight excluding hydrogens is 200 g/mol. The van der Waals surface area contributed by atoms with Crippen LogP contribution >= 0.6 is 0 Å². The number of methoxy groups -OCH3 is 1. The molecule has 0 saturated heterocycles. The van der Waals surface area contributed by atoms with E-state index in [0.717, 1.165) is 33.5 Å². The molecule has 0 aliphatic carbocycles. The molecule has 0 N–H and O–H groups in total. The van der Waals surface area contributed by atoms with Crippen molar-refractivity contribution in [2.24, 2.45) is 7.05 Å². The van der Waals surface area contributed by atoms with Gasteiger partial charge in [0.25, 0.3) is 0 Å². The summed E-state index contributed by atoms with van der Waals surface area (Å²) < 4.78 is 7.36. The van der Waals surface area contributed by atoms with Crippen LogP contribution in [0.5, 0.6) is 5.75 Å². The lowest BCUT2D eigenvalue weighted by Crippen LogP contribution is -1.93. The zero-order valence-electron chi connectivity index (χ0n) is 9.96. The van der Waals surface area contributed by atoms with Crippen LogP contribution in [0, 0.1) is 25.2 Å². The zero-order chi connectivity index (χ0) is 11.9. The fourth-order valence-corrected chi connectivity index (χ4v) is 2.14. The Hall–Kier alpha value is -1.95. The third kappa shape index (κ3) is 1.20. The summed E-state index contributed by atoms with van der Waals surface area (Å²) in [5.41, 5.74) is 3.83. The molecule has 0 aliphatic rings. The molecule has 0 aliphatic heterocycles. The first-order valence-electron chi connectivity index (χ1n) is 5.14. The average Bonchev–Trinajstić information content (AvgIpc) is 2.54. The highest BCUT2D eigenvalue weighted by atomic mass is 16.5. The number of rotatable bonds is 1. The van der Waals surface area contributed by atoms with Gasteiger partial charge in [-0.05, 0) is 25.5 Å². The van der Waals surface area contributed by atoms with Gasteiger partial charge in [0.15, 0.2) is 0 Å². The molecule has 0 radical (unpaired) electrons. The Morgan fingerprint density at radius 1 is 1.31 bits per heavy atom. The lowest BCUT2D eigenvalue weighted by molar-refractivity contribution is 0.417. The monoisotopic (exact) mass is 214 g/mol. The number of nitriles is 1. The van der Waals surface area contributed by atoms with Crippen molar-refractivity contribution in [1.82, 2.24) is 4.57 Å². The maximum Gasteiger partial charge on any atom is 0.143 e. The Morgan fingerprint density at radius 2 is 2.00 bits per heavy atom. The van der Waals surface area contributed by atoms with Crippen LogP contribution in [-0.4, -0.2) is 11.7 Å². The summed E-state index contributed by atoms with van der Waals surface area (Å²) in [5.74, 6) is 0.813. The lowest BCUT2D eigenvalue weighted by atomic mass is 10.1. The highest BCUT2D eigenvalue weighted by Crippen LogP contribution is 2.33. The molecule has 1 aromatic heterocycles. The van der Waals surface area contributed by atoms with Crippen LogP contribution in [0.15, 0.2) is 12.1 Å². The van der Waals surface area contributed by atoms with E-state index in [1.54, 1.807) is 7.11 Å². The van der Waals surface area contributed by atoms with Crippen LogP contribution in [-0.2, 0) is 7.05 Å². The third-order valence-corrected chi connectivity index (χ3v) is 3.13. The molecule has 1 aromatic carbocycles. The Morgan fingerprint density at radius 3 is 2.56 bits per heavy atom. The number of aryl methyl sites for hydroxylation is 2. The van der Waals surface area contributed by atoms with Gasteiger partial charge >= 0.3 is 0 Å². The van der Waals surface area contributed by atoms with Crippen LogP contribution in [0.1, 0.15) is 16.8 Å². The van der Waals surface area contributed by atoms with Crippen molar-refractivity contribution >= 4 is 10.9 Å². The molecule has 82 valence electrons. The fraction of sp³-hybridized carbons (Fsp3) is 0.308. The number of hydrogen-bond acceptors (Lipinski definition) is 2. The first-order chi connectivity index (χ1) is 7.61. The SMILES string of the molecule is COc1ccc(C)c2c(C#N)c(C)n(C)c12. The van der Waals surface area contributed by atoms with Gasteiger partial charge in [0.2, 0.25) is 0 Å². The molecule has 3 heteroatoms. The van der Waals surface area contributed by atoms with Crippen molar-refractivity contribution in [3.63, 3.8) is 0 Å². The average molecular weight is 214 g/mol. The number of nitrogens with zero attached hydrogens (tertiary/aromatic N) is 2. The topological polar surface area (TPSA) is 37.9 Å². The minimum absolute atomic E-state index is 0.744. The molecule has 0 spiro atoms. The van der Waals surface area contributed by atoms with E-state index in [1.165, 1.54) is 0 Å². The summed E-state index contributed by atoms with van der Waals surface area (Å²) in [7, 11) is 3.61. The van der Waals surface area contributed by atoms with Gasteiger partial charge in [-0.15, -0.1) is 0 Å². The van der Waals surface area contributed by atoms with Gasteiger partial charge in [-0.25, -0.2) is 0 Å². The van der Waals surface area contributed by atoms with E-state index in [9.17, 15) is 5.26 Å². The molecule has 0 fully saturated rings. The van der Waals surface area contributed by atoms with Crippen molar-refractivity contribution in [2.45, 2.75) is 13.8 Å². The van der Waals surface area contributed by atoms with Gasteiger partial charge in [-0.1, -0.05) is 6.07 Å². The predicted molar refractivity (Wildman–Crippen MR) is 63.7 cm³/mol. The van der Waals surface area contributed by atoms with E-state index in [2.05, 4.69) is 6.07 Å². The van der Waals surface area contributed by atoms with Crippen LogP contribution in [0.3, 0.4) is 0 Å². The van der Waals surface area contributed by atoms with E-state index in [1.807, 2.05) is 37.6 Å². The van der Waals surface area contributed by atoms with Gasteiger partial charge in [0.05, 0.1) is 18.2 Å². The molecular formula is C13H14N2O. The normalized spacial score (nSPS) is 10.4. The second kappa shape index (κ2) is 3.57. The van der Waals surface area contributed by atoms with E-state index in [4.69, 9.17) is 4.74 Å². The number of aromatic nitrogens is 1. The van der Waals surface area contributed by atoms with E-state index in [0.29, 0.717) is 0 Å². The van der Waals surface area contributed by atoms with Crippen molar-refractivity contribution < 1.29 is 4.74 Å². The van der Waals surface area contributed by atoms with Crippen LogP contribution < -0.4 is 4.74 Å². The molecule has 1 heterocycles. The molecule has 16 heavy (non-hydrogen) atoms. The summed E-state index contributed by atoms with van der Waals surface area (Å²) >= 11 is 0. The third-order valence-electron chi connectivity index (χ3n) is 3.13. The zero-order valence-corrected chi connectivity index (χ0v) is 9.96. The summed E-state index contributed by atoms with van der Waals surface area (Å²) in [6.07, 6.45) is 0. The van der Waals surface area contributed by atoms with E-state index in [-0.39, 0.29) is 0 Å². The standard InChI is InChI=1S/C13H14N2O/c1-8-5-6-11(16-4)13-12(8)10(7-14)9(2)15(13)3/h5-6H,1-4H3. The minimum Gasteiger partial charge on any atom is -0.495 e. The Labute approximate surface area is 94.9 Å². The van der Waals surface area contributed by atoms with Gasteiger partial charge in [-0.2, -0.15) is 5.26 Å². The quantitative estimate of drug-likeness (QED) is 0.732. The molecule has 2 aromatic rings. The summed E-state index contributed by atoms with van der Waals surface area (Å²) in [6.45, 7) is 3.97. The predicted octanol–water partition coefficient (Wildman–Crippen LogP) is 2.68. The lowest BCUT2D eigenvalue weighted by Gasteiger charge is -2.06. The first kappa shape index (κ1) is 10.6. The largest absolute Gasteiger partial charge is 0.495 e. The van der Waals surface area contributed by atoms with Crippen LogP contribution in [0.4, 0.5) is 0 Å². The molecule has 0 unspecified atom stereocenters. The Kier molecular flexibility index (Phi) is 2.35. The summed E-state index contributed by atoms with van der Waals surface area (Å²) in [5, 5.41) is 10.2. The van der Waals surface area contributed by atoms with Gasteiger partial charge < -0.3 is 9.30 Å². The van der Waals surface area contributed by atoms with Gasteiger partial charge in [0, 0.05) is 18.1 Å². The molecule has 3 nitrogen and oxygen atoms in total. The highest BCUT2D eigenvalue weighted by molar-refractivity contribution is 5.94. The van der Waals surface area contributed by atoms with Crippen molar-refractivity contribution in [2.75, 3.05) is 7.11 Å². The Balaban J connectivity index is 3.05. The first-order valence-corrected chi connectivity index (χ1v) is 5.14. The number of ether oxygens (including phenoxy) is 1. The van der Waals surface area contributed by atoms with E-state index >= 15 is 0 Å². The molecule has 2 rings (SSSR count). The molecule has 0 amide bonds. The number of fused-ring (bicyclic) bond motifs is 1. The summed E-state index contributed by atoms with van der Waals surface area (Å²) in [4.78, 5) is 0. The van der Waals surface area contributed by atoms with Crippen LogP contribution in [0.25, 0.3) is 10.9 Å². The van der Waals surface area contributed by atoms with Crippen molar-refractivity contribution in [3.8, 4) is 11.8 Å². The molecule has 0 saturated carbocycles. The fourth-order valence-electron chi connectivity index (χ4n) is 2.14. The molecule has 0 atom stereocenters. The number of benzene rings is 1. The highest BCUT2D eigenvalue weighted by Gasteiger charge is 2.16. The second-order valence-corrected chi connectivity index (χ2v) is 3.94. The van der Waals surface area contributed by atoms with Crippen molar-refractivity contribution in [3.05, 3.63) is 29.0 Å². The Bertz CT molecular complexity index is 603. The smallest absolute Gasteiger partial charge is 0.143 e. The van der Waals surface area contributed by atoms with Gasteiger partial charge in [-0.3, -0.25) is 0 Å². The van der Waals surface area contributed by atoms with Crippen molar-refractivity contribution in [1.29, 1.82) is 5.26 Å².